The van der Waals surface area contributed by atoms with Crippen molar-refractivity contribution >= 4 is 17.3 Å². The molecule has 0 bridgehead atoms. The van der Waals surface area contributed by atoms with Gasteiger partial charge in [-0.3, -0.25) is 20.8 Å². The fourth-order valence-electron chi connectivity index (χ4n) is 2.33. The molecule has 8 heteroatoms. The number of hydrogen-bond donors (Lipinski definition) is 3. The number of nitro benzene ring substituents is 1. The van der Waals surface area contributed by atoms with Crippen LogP contribution in [-0.4, -0.2) is 40.0 Å². The molecule has 0 spiro atoms. The van der Waals surface area contributed by atoms with Gasteiger partial charge in [0.25, 0.3) is 11.6 Å². The summed E-state index contributed by atoms with van der Waals surface area (Å²) in [5, 5.41) is 20.5. The van der Waals surface area contributed by atoms with Crippen LogP contribution in [0.25, 0.3) is 0 Å². The number of aliphatic hydroxyl groups excluding tert-OH is 1. The Morgan fingerprint density at radius 3 is 2.90 bits per heavy atom. The Hall–Kier alpha value is -2.19. The molecule has 1 aromatic carbocycles. The molecule has 2 rings (SSSR count). The lowest BCUT2D eigenvalue weighted by molar-refractivity contribution is -0.384. The van der Waals surface area contributed by atoms with Gasteiger partial charge in [0.15, 0.2) is 0 Å². The molecule has 0 radical (unpaired) electrons. The number of anilines is 1. The molecule has 1 amide bonds. The number of para-hydroxylation sites is 1. The lowest BCUT2D eigenvalue weighted by Crippen LogP contribution is -2.42. The predicted octanol–water partition coefficient (Wildman–Crippen LogP) is 0.477. The van der Waals surface area contributed by atoms with Gasteiger partial charge >= 0.3 is 0 Å². The summed E-state index contributed by atoms with van der Waals surface area (Å²) >= 11 is 0. The quantitative estimate of drug-likeness (QED) is 0.420. The van der Waals surface area contributed by atoms with Crippen molar-refractivity contribution in [1.82, 2.24) is 4.90 Å². The van der Waals surface area contributed by atoms with E-state index in [0.29, 0.717) is 19.4 Å². The smallest absolute Gasteiger partial charge is 0.294 e. The summed E-state index contributed by atoms with van der Waals surface area (Å²) in [5.41, 5.74) is 2.09. The molecule has 1 atom stereocenters. The Balaban J connectivity index is 2.34. The maximum atomic E-state index is 12.4. The first-order valence-corrected chi connectivity index (χ1v) is 6.26. The van der Waals surface area contributed by atoms with Gasteiger partial charge < -0.3 is 15.4 Å². The van der Waals surface area contributed by atoms with Gasteiger partial charge in [-0.25, -0.2) is 0 Å². The average Bonchev–Trinajstić information content (AvgIpc) is 2.45. The number of nitrogen functional groups attached to an aromatic ring is 1. The summed E-state index contributed by atoms with van der Waals surface area (Å²) in [5.74, 6) is 4.93. The van der Waals surface area contributed by atoms with Crippen molar-refractivity contribution in [2.45, 2.75) is 18.9 Å². The van der Waals surface area contributed by atoms with E-state index in [0.717, 1.165) is 0 Å². The highest BCUT2D eigenvalue weighted by Gasteiger charge is 2.27. The number of amides is 1. The monoisotopic (exact) mass is 280 g/mol. The molecule has 0 aliphatic carbocycles. The zero-order valence-corrected chi connectivity index (χ0v) is 10.8. The fraction of sp³-hybridized carbons (Fsp3) is 0.417. The van der Waals surface area contributed by atoms with E-state index < -0.39 is 11.0 Å². The number of nitrogens with zero attached hydrogens (tertiary/aromatic N) is 2. The van der Waals surface area contributed by atoms with Crippen molar-refractivity contribution < 1.29 is 14.8 Å². The van der Waals surface area contributed by atoms with Crippen LogP contribution in [0.3, 0.4) is 0 Å². The second-order valence-corrected chi connectivity index (χ2v) is 4.65. The van der Waals surface area contributed by atoms with Gasteiger partial charge in [0.05, 0.1) is 16.6 Å². The van der Waals surface area contributed by atoms with Gasteiger partial charge in [0.2, 0.25) is 0 Å². The highest BCUT2D eigenvalue weighted by molar-refractivity contribution is 6.01. The van der Waals surface area contributed by atoms with E-state index in [1.165, 1.54) is 23.1 Å². The maximum absolute atomic E-state index is 12.4. The van der Waals surface area contributed by atoms with Crippen LogP contribution in [0.5, 0.6) is 0 Å². The Bertz CT molecular complexity index is 534. The van der Waals surface area contributed by atoms with E-state index in [-0.39, 0.29) is 29.4 Å². The van der Waals surface area contributed by atoms with Crippen LogP contribution in [-0.2, 0) is 0 Å². The lowest BCUT2D eigenvalue weighted by Gasteiger charge is -2.30. The number of likely N-dealkylation sites (tertiary alicyclic amines) is 1. The number of hydrogen-bond acceptors (Lipinski definition) is 6. The van der Waals surface area contributed by atoms with Gasteiger partial charge in [-0.15, -0.1) is 0 Å². The van der Waals surface area contributed by atoms with Crippen molar-refractivity contribution in [2.75, 3.05) is 18.5 Å². The van der Waals surface area contributed by atoms with Crippen molar-refractivity contribution in [1.29, 1.82) is 0 Å². The molecule has 8 nitrogen and oxygen atoms in total. The summed E-state index contributed by atoms with van der Waals surface area (Å²) in [6.07, 6.45) is 0.800. The SMILES string of the molecule is NNc1c(C(=O)N2CCCC(O)C2)cccc1[N+](=O)[O-]. The number of piperidine rings is 1. The van der Waals surface area contributed by atoms with E-state index in [4.69, 9.17) is 5.84 Å². The van der Waals surface area contributed by atoms with E-state index in [2.05, 4.69) is 5.43 Å². The van der Waals surface area contributed by atoms with Crippen LogP contribution in [0.15, 0.2) is 18.2 Å². The van der Waals surface area contributed by atoms with Crippen molar-refractivity contribution in [2.24, 2.45) is 5.84 Å². The van der Waals surface area contributed by atoms with E-state index in [9.17, 15) is 20.0 Å². The number of carbonyl (C=O) groups is 1. The molecule has 0 aromatic heterocycles. The molecule has 1 aliphatic rings. The maximum Gasteiger partial charge on any atom is 0.294 e. The van der Waals surface area contributed by atoms with Crippen LogP contribution in [0.2, 0.25) is 0 Å². The number of hydrazine groups is 1. The molecule has 1 aliphatic heterocycles. The molecule has 0 saturated carbocycles. The molecule has 1 unspecified atom stereocenters. The first-order chi connectivity index (χ1) is 9.54. The number of nitro groups is 1. The first kappa shape index (κ1) is 14.2. The van der Waals surface area contributed by atoms with E-state index in [1.54, 1.807) is 0 Å². The third-order valence-corrected chi connectivity index (χ3v) is 3.30. The molecule has 1 heterocycles. The summed E-state index contributed by atoms with van der Waals surface area (Å²) < 4.78 is 0. The minimum absolute atomic E-state index is 0.0115. The summed E-state index contributed by atoms with van der Waals surface area (Å²) in [4.78, 5) is 24.2. The summed E-state index contributed by atoms with van der Waals surface area (Å²) in [7, 11) is 0. The minimum Gasteiger partial charge on any atom is -0.391 e. The van der Waals surface area contributed by atoms with Crippen molar-refractivity contribution in [3.63, 3.8) is 0 Å². The summed E-state index contributed by atoms with van der Waals surface area (Å²) in [6, 6.07) is 4.19. The Labute approximate surface area is 115 Å². The van der Waals surface area contributed by atoms with Crippen molar-refractivity contribution in [3.05, 3.63) is 33.9 Å². The Morgan fingerprint density at radius 1 is 1.55 bits per heavy atom. The molecule has 20 heavy (non-hydrogen) atoms. The zero-order chi connectivity index (χ0) is 14.7. The topological polar surface area (TPSA) is 122 Å². The fourth-order valence-corrected chi connectivity index (χ4v) is 2.33. The largest absolute Gasteiger partial charge is 0.391 e. The lowest BCUT2D eigenvalue weighted by atomic mass is 10.1. The van der Waals surface area contributed by atoms with Gasteiger partial charge in [-0.05, 0) is 18.9 Å². The average molecular weight is 280 g/mol. The standard InChI is InChI=1S/C12H16N4O4/c13-14-11-9(4-1-5-10(11)16(19)20)12(18)15-6-2-3-8(17)7-15/h1,4-5,8,14,17H,2-3,6-7,13H2. The van der Waals surface area contributed by atoms with Crippen LogP contribution >= 0.6 is 0 Å². The van der Waals surface area contributed by atoms with E-state index >= 15 is 0 Å². The number of benzene rings is 1. The molecule has 4 N–H and O–H groups in total. The highest BCUT2D eigenvalue weighted by atomic mass is 16.6. The molecule has 108 valence electrons. The second-order valence-electron chi connectivity index (χ2n) is 4.65. The predicted molar refractivity (Wildman–Crippen MR) is 72.1 cm³/mol. The third kappa shape index (κ3) is 2.70. The van der Waals surface area contributed by atoms with E-state index in [1.807, 2.05) is 0 Å². The number of aliphatic hydroxyl groups is 1. The second kappa shape index (κ2) is 5.85. The first-order valence-electron chi connectivity index (χ1n) is 6.26. The van der Waals surface area contributed by atoms with Gasteiger partial charge in [-0.2, -0.15) is 0 Å². The van der Waals surface area contributed by atoms with Gasteiger partial charge in [0.1, 0.15) is 5.69 Å². The zero-order valence-electron chi connectivity index (χ0n) is 10.8. The molecule has 1 saturated heterocycles. The highest BCUT2D eigenvalue weighted by Crippen LogP contribution is 2.28. The normalized spacial score (nSPS) is 18.7. The van der Waals surface area contributed by atoms with Crippen LogP contribution in [0, 0.1) is 10.1 Å². The molecular formula is C12H16N4O4. The third-order valence-electron chi connectivity index (χ3n) is 3.30. The number of rotatable bonds is 3. The van der Waals surface area contributed by atoms with Crippen LogP contribution in [0.1, 0.15) is 23.2 Å². The van der Waals surface area contributed by atoms with Crippen molar-refractivity contribution in [3.8, 4) is 0 Å². The van der Waals surface area contributed by atoms with Crippen LogP contribution < -0.4 is 11.3 Å². The molecule has 1 aromatic rings. The Morgan fingerprint density at radius 2 is 2.30 bits per heavy atom. The minimum atomic E-state index is -0.600. The summed E-state index contributed by atoms with van der Waals surface area (Å²) in [6.45, 7) is 0.744. The molecule has 1 fully saturated rings. The number of β-amino-alcohol motifs (C(OH)–C–C–N with tert-alkyl or cyclic N) is 1. The Kier molecular flexibility index (Phi) is 4.16. The number of nitrogens with two attached hydrogens (primary N) is 1. The van der Waals surface area contributed by atoms with Gasteiger partial charge in [-0.1, -0.05) is 6.07 Å². The van der Waals surface area contributed by atoms with Crippen LogP contribution in [0.4, 0.5) is 11.4 Å². The van der Waals surface area contributed by atoms with Gasteiger partial charge in [0, 0.05) is 19.2 Å². The molecular weight excluding hydrogens is 264 g/mol. The number of carbonyl (C=O) groups excluding carboxylic acids is 1. The number of nitrogens with one attached hydrogen (secondary N) is 1.